The maximum Gasteiger partial charge on any atom is 0.255 e. The minimum absolute atomic E-state index is 0.142. The Morgan fingerprint density at radius 3 is 2.58 bits per heavy atom. The summed E-state index contributed by atoms with van der Waals surface area (Å²) in [4.78, 5) is 13.0. The lowest BCUT2D eigenvalue weighted by atomic mass is 10.1. The highest BCUT2D eigenvalue weighted by molar-refractivity contribution is 9.11. The third-order valence-electron chi connectivity index (χ3n) is 2.65. The highest BCUT2D eigenvalue weighted by Gasteiger charge is 2.11. The average Bonchev–Trinajstić information content (AvgIpc) is 2.35. The first kappa shape index (κ1) is 14.6. The molecule has 2 nitrogen and oxygen atoms in total. The minimum atomic E-state index is -0.142. The molecule has 0 bridgehead atoms. The van der Waals surface area contributed by atoms with Gasteiger partial charge in [-0.25, -0.2) is 0 Å². The Balaban J connectivity index is 2.28. The van der Waals surface area contributed by atoms with Crippen LogP contribution in [-0.2, 0) is 0 Å². The molecular weight excluding hydrogens is 390 g/mol. The van der Waals surface area contributed by atoms with Crippen molar-refractivity contribution in [1.29, 1.82) is 0 Å². The Bertz CT molecular complexity index is 643. The van der Waals surface area contributed by atoms with Crippen molar-refractivity contribution in [3.05, 3.63) is 56.5 Å². The van der Waals surface area contributed by atoms with Crippen LogP contribution in [0.3, 0.4) is 0 Å². The van der Waals surface area contributed by atoms with Gasteiger partial charge in [-0.2, -0.15) is 0 Å². The van der Waals surface area contributed by atoms with Crippen molar-refractivity contribution in [2.45, 2.75) is 11.8 Å². The maximum atomic E-state index is 12.2. The fourth-order valence-corrected chi connectivity index (χ4v) is 2.98. The molecule has 0 atom stereocenters. The molecule has 2 aromatic carbocycles. The summed E-state index contributed by atoms with van der Waals surface area (Å²) in [6.07, 6.45) is 0. The van der Waals surface area contributed by atoms with E-state index in [9.17, 15) is 4.79 Å². The summed E-state index contributed by atoms with van der Waals surface area (Å²) in [5.41, 5.74) is 2.28. The van der Waals surface area contributed by atoms with Gasteiger partial charge in [-0.05, 0) is 58.7 Å². The molecular formula is C14H11Br2NOS. The van der Waals surface area contributed by atoms with Crippen LogP contribution in [0, 0.1) is 6.92 Å². The van der Waals surface area contributed by atoms with E-state index in [0.29, 0.717) is 5.56 Å². The molecule has 0 unspecified atom stereocenters. The second-order valence-corrected chi connectivity index (χ2v) is 6.36. The van der Waals surface area contributed by atoms with Crippen molar-refractivity contribution in [3.8, 4) is 0 Å². The molecule has 5 heteroatoms. The van der Waals surface area contributed by atoms with Crippen molar-refractivity contribution in [2.24, 2.45) is 0 Å². The molecule has 0 fully saturated rings. The summed E-state index contributed by atoms with van der Waals surface area (Å²) < 4.78 is 1.78. The summed E-state index contributed by atoms with van der Waals surface area (Å²) in [6.45, 7) is 1.90. The smallest absolute Gasteiger partial charge is 0.255 e. The SMILES string of the molecule is Cc1ccc(S)cc1C(=O)Nc1ccc(Br)cc1Br. The molecule has 2 aromatic rings. The summed E-state index contributed by atoms with van der Waals surface area (Å²) in [7, 11) is 0. The Labute approximate surface area is 134 Å². The molecule has 0 saturated heterocycles. The standard InChI is InChI=1S/C14H11Br2NOS/c1-8-2-4-10(19)7-11(8)14(18)17-13-5-3-9(15)6-12(13)16/h2-7,19H,1H3,(H,17,18). The van der Waals surface area contributed by atoms with Crippen LogP contribution in [0.5, 0.6) is 0 Å². The van der Waals surface area contributed by atoms with Gasteiger partial charge in [-0.15, -0.1) is 12.6 Å². The van der Waals surface area contributed by atoms with Crippen LogP contribution in [0.25, 0.3) is 0 Å². The van der Waals surface area contributed by atoms with Crippen LogP contribution < -0.4 is 5.32 Å². The van der Waals surface area contributed by atoms with Crippen molar-refractivity contribution in [3.63, 3.8) is 0 Å². The number of benzene rings is 2. The molecule has 0 spiro atoms. The third kappa shape index (κ3) is 3.61. The number of halogens is 2. The highest BCUT2D eigenvalue weighted by Crippen LogP contribution is 2.27. The monoisotopic (exact) mass is 399 g/mol. The first-order valence-corrected chi connectivity index (χ1v) is 7.56. The number of hydrogen-bond donors (Lipinski definition) is 2. The van der Waals surface area contributed by atoms with Crippen LogP contribution in [0.15, 0.2) is 50.2 Å². The van der Waals surface area contributed by atoms with Crippen molar-refractivity contribution in [1.82, 2.24) is 0 Å². The van der Waals surface area contributed by atoms with Crippen LogP contribution >= 0.6 is 44.5 Å². The van der Waals surface area contributed by atoms with E-state index in [1.165, 1.54) is 0 Å². The zero-order valence-corrected chi connectivity index (χ0v) is 14.1. The number of amides is 1. The van der Waals surface area contributed by atoms with Crippen molar-refractivity contribution < 1.29 is 4.79 Å². The highest BCUT2D eigenvalue weighted by atomic mass is 79.9. The van der Waals surface area contributed by atoms with Gasteiger partial charge >= 0.3 is 0 Å². The fraction of sp³-hybridized carbons (Fsp3) is 0.0714. The van der Waals surface area contributed by atoms with E-state index >= 15 is 0 Å². The Morgan fingerprint density at radius 1 is 1.16 bits per heavy atom. The van der Waals surface area contributed by atoms with Crippen LogP contribution in [0.1, 0.15) is 15.9 Å². The Hall–Kier alpha value is -0.780. The van der Waals surface area contributed by atoms with Gasteiger partial charge in [0.25, 0.3) is 5.91 Å². The van der Waals surface area contributed by atoms with Gasteiger partial charge in [-0.1, -0.05) is 22.0 Å². The van der Waals surface area contributed by atoms with Gasteiger partial charge in [0.2, 0.25) is 0 Å². The summed E-state index contributed by atoms with van der Waals surface area (Å²) in [5, 5.41) is 2.88. The molecule has 0 aliphatic carbocycles. The molecule has 1 N–H and O–H groups in total. The molecule has 0 saturated carbocycles. The molecule has 0 heterocycles. The normalized spacial score (nSPS) is 10.3. The number of thiol groups is 1. The number of rotatable bonds is 2. The number of hydrogen-bond acceptors (Lipinski definition) is 2. The first-order chi connectivity index (χ1) is 8.97. The van der Waals surface area contributed by atoms with Crippen LogP contribution in [0.4, 0.5) is 5.69 Å². The molecule has 0 aromatic heterocycles. The van der Waals surface area contributed by atoms with E-state index in [1.807, 2.05) is 37.3 Å². The summed E-state index contributed by atoms with van der Waals surface area (Å²) in [5.74, 6) is -0.142. The van der Waals surface area contributed by atoms with Gasteiger partial charge in [0, 0.05) is 19.4 Å². The van der Waals surface area contributed by atoms with Gasteiger partial charge in [0.1, 0.15) is 0 Å². The molecule has 0 aliphatic heterocycles. The topological polar surface area (TPSA) is 29.1 Å². The van der Waals surface area contributed by atoms with Crippen molar-refractivity contribution >= 4 is 56.1 Å². The van der Waals surface area contributed by atoms with E-state index in [2.05, 4.69) is 49.8 Å². The fourth-order valence-electron chi connectivity index (χ4n) is 1.64. The maximum absolute atomic E-state index is 12.2. The minimum Gasteiger partial charge on any atom is -0.321 e. The molecule has 19 heavy (non-hydrogen) atoms. The van der Waals surface area contributed by atoms with Crippen LogP contribution in [0.2, 0.25) is 0 Å². The zero-order valence-electron chi connectivity index (χ0n) is 10.1. The first-order valence-electron chi connectivity index (χ1n) is 5.53. The van der Waals surface area contributed by atoms with E-state index in [1.54, 1.807) is 6.07 Å². The van der Waals surface area contributed by atoms with E-state index in [0.717, 1.165) is 25.1 Å². The van der Waals surface area contributed by atoms with E-state index in [4.69, 9.17) is 0 Å². The van der Waals surface area contributed by atoms with Crippen LogP contribution in [-0.4, -0.2) is 5.91 Å². The van der Waals surface area contributed by atoms with Gasteiger partial charge in [0.05, 0.1) is 5.69 Å². The Kier molecular flexibility index (Phi) is 4.71. The lowest BCUT2D eigenvalue weighted by Gasteiger charge is -2.10. The second-order valence-electron chi connectivity index (χ2n) is 4.08. The lowest BCUT2D eigenvalue weighted by Crippen LogP contribution is -2.13. The van der Waals surface area contributed by atoms with Gasteiger partial charge < -0.3 is 5.32 Å². The number of aryl methyl sites for hydroxylation is 1. The summed E-state index contributed by atoms with van der Waals surface area (Å²) >= 11 is 11.1. The predicted octanol–water partition coefficient (Wildman–Crippen LogP) is 5.06. The second kappa shape index (κ2) is 6.11. The molecule has 1 amide bonds. The van der Waals surface area contributed by atoms with E-state index < -0.39 is 0 Å². The quantitative estimate of drug-likeness (QED) is 0.677. The largest absolute Gasteiger partial charge is 0.321 e. The van der Waals surface area contributed by atoms with E-state index in [-0.39, 0.29) is 5.91 Å². The Morgan fingerprint density at radius 2 is 1.89 bits per heavy atom. The average molecular weight is 401 g/mol. The zero-order chi connectivity index (χ0) is 14.0. The molecule has 0 radical (unpaired) electrons. The molecule has 0 aliphatic rings. The summed E-state index contributed by atoms with van der Waals surface area (Å²) in [6, 6.07) is 11.1. The number of anilines is 1. The number of nitrogens with one attached hydrogen (secondary N) is 1. The third-order valence-corrected chi connectivity index (χ3v) is 4.07. The predicted molar refractivity (Wildman–Crippen MR) is 88.2 cm³/mol. The van der Waals surface area contributed by atoms with Crippen molar-refractivity contribution in [2.75, 3.05) is 5.32 Å². The lowest BCUT2D eigenvalue weighted by molar-refractivity contribution is 0.102. The van der Waals surface area contributed by atoms with Gasteiger partial charge in [0.15, 0.2) is 0 Å². The number of carbonyl (C=O) groups excluding carboxylic acids is 1. The van der Waals surface area contributed by atoms with Gasteiger partial charge in [-0.3, -0.25) is 4.79 Å². The molecule has 2 rings (SSSR count). The molecule has 98 valence electrons. The number of carbonyl (C=O) groups is 1.